The standard InChI is InChI=1S/C14H18F3N3O2/c1-19-6-8-20(9-7-19)10-13(21)18-11-2-4-12(5-3-11)22-14(15,16)17/h2-5H,6-10H2,1H3,(H,18,21)/p+2. The Morgan fingerprint density at radius 2 is 1.77 bits per heavy atom. The minimum absolute atomic E-state index is 0.140. The van der Waals surface area contributed by atoms with Crippen LogP contribution >= 0.6 is 0 Å². The number of ether oxygens (including phenoxy) is 1. The van der Waals surface area contributed by atoms with Gasteiger partial charge in [0.1, 0.15) is 31.9 Å². The Morgan fingerprint density at radius 3 is 2.32 bits per heavy atom. The number of benzene rings is 1. The van der Waals surface area contributed by atoms with Gasteiger partial charge in [-0.15, -0.1) is 13.2 Å². The number of hydrogen-bond acceptors (Lipinski definition) is 2. The molecular formula is C14H20F3N3O2+2. The van der Waals surface area contributed by atoms with Gasteiger partial charge in [-0.25, -0.2) is 0 Å². The molecule has 1 saturated heterocycles. The van der Waals surface area contributed by atoms with Crippen molar-refractivity contribution in [1.29, 1.82) is 0 Å². The number of nitrogens with one attached hydrogen (secondary N) is 3. The number of carbonyl (C=O) groups excluding carboxylic acids is 1. The fourth-order valence-corrected chi connectivity index (χ4v) is 2.38. The van der Waals surface area contributed by atoms with E-state index in [0.717, 1.165) is 26.2 Å². The molecule has 0 saturated carbocycles. The third-order valence-corrected chi connectivity index (χ3v) is 3.59. The summed E-state index contributed by atoms with van der Waals surface area (Å²) in [6, 6.07) is 5.13. The number of halogens is 3. The number of piperazine rings is 1. The smallest absolute Gasteiger partial charge is 0.406 e. The highest BCUT2D eigenvalue weighted by Gasteiger charge is 2.31. The Morgan fingerprint density at radius 1 is 1.18 bits per heavy atom. The zero-order chi connectivity index (χ0) is 16.2. The molecule has 22 heavy (non-hydrogen) atoms. The van der Waals surface area contributed by atoms with E-state index in [9.17, 15) is 18.0 Å². The maximum Gasteiger partial charge on any atom is 0.573 e. The lowest BCUT2D eigenvalue weighted by molar-refractivity contribution is -0.999. The SMILES string of the molecule is C[NH+]1CC[NH+](CC(=O)Nc2ccc(OC(F)(F)F)cc2)CC1. The van der Waals surface area contributed by atoms with Crippen LogP contribution in [0.15, 0.2) is 24.3 Å². The van der Waals surface area contributed by atoms with Gasteiger partial charge in [-0.2, -0.15) is 0 Å². The molecule has 0 spiro atoms. The molecule has 8 heteroatoms. The molecule has 0 atom stereocenters. The second-order valence-electron chi connectivity index (χ2n) is 5.50. The lowest BCUT2D eigenvalue weighted by atomic mass is 10.3. The number of carbonyl (C=O) groups is 1. The summed E-state index contributed by atoms with van der Waals surface area (Å²) in [4.78, 5) is 14.6. The van der Waals surface area contributed by atoms with E-state index in [1.54, 1.807) is 0 Å². The van der Waals surface area contributed by atoms with Gasteiger partial charge in [-0.3, -0.25) is 4.79 Å². The molecule has 2 rings (SSSR count). The fourth-order valence-electron chi connectivity index (χ4n) is 2.38. The zero-order valence-corrected chi connectivity index (χ0v) is 12.3. The van der Waals surface area contributed by atoms with Gasteiger partial charge in [0.05, 0.1) is 7.05 Å². The highest BCUT2D eigenvalue weighted by Crippen LogP contribution is 2.23. The van der Waals surface area contributed by atoms with Crippen LogP contribution in [0.1, 0.15) is 0 Å². The maximum atomic E-state index is 12.0. The van der Waals surface area contributed by atoms with Crippen molar-refractivity contribution in [3.63, 3.8) is 0 Å². The van der Waals surface area contributed by atoms with Crippen molar-refractivity contribution in [2.24, 2.45) is 0 Å². The summed E-state index contributed by atoms with van der Waals surface area (Å²) in [5.74, 6) is -0.447. The predicted molar refractivity (Wildman–Crippen MR) is 73.9 cm³/mol. The van der Waals surface area contributed by atoms with E-state index in [2.05, 4.69) is 17.1 Å². The summed E-state index contributed by atoms with van der Waals surface area (Å²) in [7, 11) is 2.13. The molecule has 5 nitrogen and oxygen atoms in total. The molecule has 122 valence electrons. The molecule has 0 aliphatic carbocycles. The molecule has 0 aromatic heterocycles. The van der Waals surface area contributed by atoms with Crippen LogP contribution in [0, 0.1) is 0 Å². The summed E-state index contributed by atoms with van der Waals surface area (Å²) in [5.41, 5.74) is 0.457. The first-order valence-electron chi connectivity index (χ1n) is 7.12. The average Bonchev–Trinajstić information content (AvgIpc) is 2.42. The van der Waals surface area contributed by atoms with E-state index < -0.39 is 6.36 Å². The molecule has 1 aromatic carbocycles. The monoisotopic (exact) mass is 319 g/mol. The molecule has 1 aliphatic rings. The van der Waals surface area contributed by atoms with E-state index in [1.165, 1.54) is 34.1 Å². The molecule has 0 bridgehead atoms. The van der Waals surface area contributed by atoms with Crippen molar-refractivity contribution in [3.05, 3.63) is 24.3 Å². The third kappa shape index (κ3) is 5.53. The van der Waals surface area contributed by atoms with E-state index in [-0.39, 0.29) is 11.7 Å². The maximum absolute atomic E-state index is 12.0. The van der Waals surface area contributed by atoms with Crippen LogP contribution in [0.5, 0.6) is 5.75 Å². The van der Waals surface area contributed by atoms with Crippen molar-refractivity contribution in [3.8, 4) is 5.75 Å². The lowest BCUT2D eigenvalue weighted by Gasteiger charge is -2.26. The normalized spacial score (nSPS) is 22.2. The van der Waals surface area contributed by atoms with Crippen LogP contribution in [-0.2, 0) is 4.79 Å². The number of hydrogen-bond donors (Lipinski definition) is 3. The van der Waals surface area contributed by atoms with Crippen molar-refractivity contribution < 1.29 is 32.5 Å². The van der Waals surface area contributed by atoms with Gasteiger partial charge in [-0.1, -0.05) is 0 Å². The highest BCUT2D eigenvalue weighted by atomic mass is 19.4. The molecular weight excluding hydrogens is 299 g/mol. The second-order valence-corrected chi connectivity index (χ2v) is 5.50. The van der Waals surface area contributed by atoms with E-state index in [0.29, 0.717) is 12.2 Å². The van der Waals surface area contributed by atoms with Gasteiger partial charge in [-0.05, 0) is 24.3 Å². The first-order chi connectivity index (χ1) is 10.3. The van der Waals surface area contributed by atoms with Gasteiger partial charge < -0.3 is 19.9 Å². The van der Waals surface area contributed by atoms with Gasteiger partial charge in [0.15, 0.2) is 6.54 Å². The van der Waals surface area contributed by atoms with Crippen LogP contribution in [0.3, 0.4) is 0 Å². The molecule has 1 aliphatic heterocycles. The van der Waals surface area contributed by atoms with Crippen LogP contribution in [0.25, 0.3) is 0 Å². The quantitative estimate of drug-likeness (QED) is 0.662. The predicted octanol–water partition coefficient (Wildman–Crippen LogP) is -1.06. The fraction of sp³-hybridized carbons (Fsp3) is 0.500. The van der Waals surface area contributed by atoms with Crippen molar-refractivity contribution in [1.82, 2.24) is 0 Å². The first kappa shape index (κ1) is 16.6. The van der Waals surface area contributed by atoms with E-state index in [1.807, 2.05) is 0 Å². The van der Waals surface area contributed by atoms with E-state index >= 15 is 0 Å². The molecule has 1 amide bonds. The minimum atomic E-state index is -4.71. The van der Waals surface area contributed by atoms with Crippen LogP contribution in [0.2, 0.25) is 0 Å². The van der Waals surface area contributed by atoms with Gasteiger partial charge in [0.25, 0.3) is 5.91 Å². The molecule has 1 fully saturated rings. The van der Waals surface area contributed by atoms with Crippen LogP contribution in [-0.4, -0.2) is 52.0 Å². The highest BCUT2D eigenvalue weighted by molar-refractivity contribution is 5.91. The third-order valence-electron chi connectivity index (χ3n) is 3.59. The molecule has 1 aromatic rings. The number of anilines is 1. The van der Waals surface area contributed by atoms with Gasteiger partial charge in [0, 0.05) is 5.69 Å². The number of quaternary nitrogens is 2. The molecule has 0 unspecified atom stereocenters. The van der Waals surface area contributed by atoms with E-state index in [4.69, 9.17) is 0 Å². The van der Waals surface area contributed by atoms with Crippen LogP contribution in [0.4, 0.5) is 18.9 Å². The molecule has 1 heterocycles. The topological polar surface area (TPSA) is 47.2 Å². The van der Waals surface area contributed by atoms with Gasteiger partial charge in [0.2, 0.25) is 0 Å². The van der Waals surface area contributed by atoms with Crippen molar-refractivity contribution in [2.45, 2.75) is 6.36 Å². The second kappa shape index (κ2) is 6.97. The van der Waals surface area contributed by atoms with Gasteiger partial charge >= 0.3 is 6.36 Å². The summed E-state index contributed by atoms with van der Waals surface area (Å²) in [5, 5.41) is 2.69. The zero-order valence-electron chi connectivity index (χ0n) is 12.3. The summed E-state index contributed by atoms with van der Waals surface area (Å²) in [6.45, 7) is 4.32. The Kier molecular flexibility index (Phi) is 5.25. The average molecular weight is 319 g/mol. The minimum Gasteiger partial charge on any atom is -0.406 e. The lowest BCUT2D eigenvalue weighted by Crippen LogP contribution is -3.27. The Labute approximate surface area is 126 Å². The molecule has 0 radical (unpaired) electrons. The Hall–Kier alpha value is -1.80. The number of alkyl halides is 3. The Balaban J connectivity index is 1.81. The largest absolute Gasteiger partial charge is 0.573 e. The summed E-state index contributed by atoms with van der Waals surface area (Å²) >= 11 is 0. The molecule has 3 N–H and O–H groups in total. The summed E-state index contributed by atoms with van der Waals surface area (Å²) in [6.07, 6.45) is -4.71. The number of likely N-dealkylation sites (N-methyl/N-ethyl adjacent to an activating group) is 1. The van der Waals surface area contributed by atoms with Crippen molar-refractivity contribution >= 4 is 11.6 Å². The number of rotatable bonds is 4. The number of amides is 1. The Bertz CT molecular complexity index is 497. The van der Waals surface area contributed by atoms with Crippen molar-refractivity contribution in [2.75, 3.05) is 45.1 Å². The summed E-state index contributed by atoms with van der Waals surface area (Å²) < 4.78 is 39.9. The van der Waals surface area contributed by atoms with Crippen LogP contribution < -0.4 is 19.9 Å². The first-order valence-corrected chi connectivity index (χ1v) is 7.12.